The molecule has 47 heavy (non-hydrogen) atoms. The molecule has 1 N–H and O–H groups in total. The van der Waals surface area contributed by atoms with Crippen LogP contribution in [0.2, 0.25) is 0 Å². The molecule has 2 heterocycles. The van der Waals surface area contributed by atoms with E-state index in [1.807, 2.05) is 5.06 Å². The summed E-state index contributed by atoms with van der Waals surface area (Å²) in [5.41, 5.74) is -1.03. The van der Waals surface area contributed by atoms with E-state index in [4.69, 9.17) is 19.0 Å². The maximum Gasteiger partial charge on any atom is 0.309 e. The Morgan fingerprint density at radius 2 is 0.851 bits per heavy atom. The number of esters is 3. The van der Waals surface area contributed by atoms with Crippen molar-refractivity contribution in [3.63, 3.8) is 0 Å². The van der Waals surface area contributed by atoms with E-state index in [1.165, 1.54) is 0 Å². The highest BCUT2D eigenvalue weighted by atomic mass is 16.7. The summed E-state index contributed by atoms with van der Waals surface area (Å²) in [6, 6.07) is 0. The normalized spacial score (nSPS) is 32.2. The minimum absolute atomic E-state index is 0.0461. The summed E-state index contributed by atoms with van der Waals surface area (Å²) in [6.07, 6.45) is 4.88. The van der Waals surface area contributed by atoms with Crippen LogP contribution in [0.4, 0.5) is 0 Å². The van der Waals surface area contributed by atoms with E-state index in [0.29, 0.717) is 44.9 Å². The number of carbonyl (C=O) groups is 3. The molecule has 3 unspecified atom stereocenters. The van der Waals surface area contributed by atoms with E-state index >= 15 is 0 Å². The predicted molar refractivity (Wildman–Crippen MR) is 182 cm³/mol. The Bertz CT molecular complexity index is 1060. The largest absolute Gasteiger partial charge is 0.462 e. The lowest BCUT2D eigenvalue weighted by Gasteiger charge is -2.52. The zero-order chi connectivity index (χ0) is 35.4. The minimum atomic E-state index is -0.515. The van der Waals surface area contributed by atoms with Gasteiger partial charge < -0.3 is 24.4 Å². The van der Waals surface area contributed by atoms with Gasteiger partial charge in [0.05, 0.1) is 24.9 Å². The van der Waals surface area contributed by atoms with Crippen molar-refractivity contribution in [1.29, 1.82) is 0 Å². The molecule has 2 aliphatic heterocycles. The lowest BCUT2D eigenvalue weighted by atomic mass is 9.61. The number of nitrogens with zero attached hydrogens (tertiary/aromatic N) is 1. The summed E-state index contributed by atoms with van der Waals surface area (Å²) in [7, 11) is 1.67. The van der Waals surface area contributed by atoms with Gasteiger partial charge >= 0.3 is 17.9 Å². The van der Waals surface area contributed by atoms with Gasteiger partial charge in [0.25, 0.3) is 0 Å². The molecule has 4 fully saturated rings. The van der Waals surface area contributed by atoms with Crippen LogP contribution in [0.1, 0.15) is 147 Å². The Morgan fingerprint density at radius 3 is 1.19 bits per heavy atom. The lowest BCUT2D eigenvalue weighted by molar-refractivity contribution is -0.272. The zero-order valence-corrected chi connectivity index (χ0v) is 31.8. The number of hydrogen-bond donors (Lipinski definition) is 1. The van der Waals surface area contributed by atoms with Gasteiger partial charge in [-0.15, -0.1) is 0 Å². The van der Waals surface area contributed by atoms with Crippen LogP contribution in [0.5, 0.6) is 0 Å². The Hall–Kier alpha value is -1.71. The molecule has 0 aromatic heterocycles. The molecule has 4 aliphatic rings. The molecule has 9 nitrogen and oxygen atoms in total. The van der Waals surface area contributed by atoms with Gasteiger partial charge in [-0.2, -0.15) is 5.06 Å². The van der Waals surface area contributed by atoms with Crippen molar-refractivity contribution < 1.29 is 33.4 Å². The highest BCUT2D eigenvalue weighted by Crippen LogP contribution is 2.49. The van der Waals surface area contributed by atoms with E-state index in [-0.39, 0.29) is 68.6 Å². The Labute approximate surface area is 284 Å². The number of hydrogen-bond acceptors (Lipinski definition) is 9. The summed E-state index contributed by atoms with van der Waals surface area (Å²) >= 11 is 0. The fourth-order valence-electron chi connectivity index (χ4n) is 10.7. The fourth-order valence-corrected chi connectivity index (χ4v) is 10.7. The van der Waals surface area contributed by atoms with Crippen LogP contribution < -0.4 is 5.32 Å². The standard InChI is InChI=1S/C38H66N2O7/c1-33(2)17-24(18-34(3,4)23-33)30(41)45-27-14-28(46-31(42)25-19-35(5,6)39-36(7,8)20-25)16-29(15-27)47-32(43)26-21-37(9,10)40(44-13)38(11,12)22-26/h24-29,39H,14-23H2,1-13H3. The van der Waals surface area contributed by atoms with Gasteiger partial charge in [-0.3, -0.25) is 14.4 Å². The average Bonchev–Trinajstić information content (AvgIpc) is 2.83. The van der Waals surface area contributed by atoms with Gasteiger partial charge in [-0.05, 0) is 111 Å². The van der Waals surface area contributed by atoms with Gasteiger partial charge in [-0.25, -0.2) is 0 Å². The van der Waals surface area contributed by atoms with Crippen LogP contribution in [0.3, 0.4) is 0 Å². The van der Waals surface area contributed by atoms with Crippen LogP contribution in [0, 0.1) is 28.6 Å². The summed E-state index contributed by atoms with van der Waals surface area (Å²) in [5.74, 6) is -1.39. The van der Waals surface area contributed by atoms with Crippen LogP contribution in [-0.2, 0) is 33.4 Å². The highest BCUT2D eigenvalue weighted by Gasteiger charge is 2.50. The van der Waals surface area contributed by atoms with Gasteiger partial charge in [0, 0.05) is 41.4 Å². The SMILES string of the molecule is CON1C(C)(C)CC(C(=O)OC2CC(OC(=O)C3CC(C)(C)CC(C)(C)C3)CC(OC(=O)C3CC(C)(C)NC(C)(C)C3)C2)CC1(C)C. The second-order valence-corrected chi connectivity index (χ2v) is 19.7. The quantitative estimate of drug-likeness (QED) is 0.225. The molecule has 4 rings (SSSR count). The van der Waals surface area contributed by atoms with Crippen molar-refractivity contribution in [2.45, 2.75) is 188 Å². The molecule has 2 aliphatic carbocycles. The summed E-state index contributed by atoms with van der Waals surface area (Å²) in [4.78, 5) is 46.8. The number of ether oxygens (including phenoxy) is 3. The number of piperidine rings is 2. The first-order chi connectivity index (χ1) is 21.3. The van der Waals surface area contributed by atoms with E-state index in [9.17, 15) is 14.4 Å². The second-order valence-electron chi connectivity index (χ2n) is 19.7. The third-order valence-electron chi connectivity index (χ3n) is 10.9. The molecule has 3 atom stereocenters. The molecular formula is C38H66N2O7. The molecule has 0 aromatic carbocycles. The Kier molecular flexibility index (Phi) is 10.7. The fraction of sp³-hybridized carbons (Fsp3) is 0.921. The molecule has 0 aromatic rings. The van der Waals surface area contributed by atoms with Crippen LogP contribution >= 0.6 is 0 Å². The monoisotopic (exact) mass is 662 g/mol. The molecule has 2 saturated carbocycles. The highest BCUT2D eigenvalue weighted by molar-refractivity contribution is 5.74. The summed E-state index contributed by atoms with van der Waals surface area (Å²) in [5, 5.41) is 5.61. The number of carbonyl (C=O) groups excluding carboxylic acids is 3. The molecule has 0 bridgehead atoms. The van der Waals surface area contributed by atoms with Gasteiger partial charge in [-0.1, -0.05) is 27.7 Å². The van der Waals surface area contributed by atoms with Crippen molar-refractivity contribution in [3.05, 3.63) is 0 Å². The molecule has 9 heteroatoms. The molecular weight excluding hydrogens is 596 g/mol. The van der Waals surface area contributed by atoms with E-state index in [0.717, 1.165) is 19.3 Å². The van der Waals surface area contributed by atoms with Gasteiger partial charge in [0.2, 0.25) is 0 Å². The molecule has 2 saturated heterocycles. The molecule has 270 valence electrons. The van der Waals surface area contributed by atoms with Crippen LogP contribution in [-0.4, -0.2) is 70.5 Å². The van der Waals surface area contributed by atoms with Crippen molar-refractivity contribution in [2.24, 2.45) is 28.6 Å². The second kappa shape index (κ2) is 13.2. The van der Waals surface area contributed by atoms with E-state index in [1.54, 1.807) is 7.11 Å². The summed E-state index contributed by atoms with van der Waals surface area (Å²) in [6.45, 7) is 25.7. The number of hydroxylamine groups is 2. The lowest BCUT2D eigenvalue weighted by Crippen LogP contribution is -2.61. The third-order valence-corrected chi connectivity index (χ3v) is 10.9. The molecule has 0 spiro atoms. The van der Waals surface area contributed by atoms with Crippen LogP contribution in [0.15, 0.2) is 0 Å². The smallest absolute Gasteiger partial charge is 0.309 e. The maximum atomic E-state index is 13.8. The van der Waals surface area contributed by atoms with Crippen molar-refractivity contribution in [2.75, 3.05) is 7.11 Å². The first kappa shape index (κ1) is 38.1. The molecule has 0 radical (unpaired) electrons. The van der Waals surface area contributed by atoms with Crippen molar-refractivity contribution in [1.82, 2.24) is 10.4 Å². The summed E-state index contributed by atoms with van der Waals surface area (Å²) < 4.78 is 18.7. The van der Waals surface area contributed by atoms with Gasteiger partial charge in [0.15, 0.2) is 0 Å². The van der Waals surface area contributed by atoms with Crippen LogP contribution in [0.25, 0.3) is 0 Å². The Morgan fingerprint density at radius 1 is 0.532 bits per heavy atom. The third kappa shape index (κ3) is 9.72. The van der Waals surface area contributed by atoms with Gasteiger partial charge in [0.1, 0.15) is 18.3 Å². The Balaban J connectivity index is 1.50. The number of nitrogens with one attached hydrogen (secondary N) is 1. The van der Waals surface area contributed by atoms with Crippen molar-refractivity contribution >= 4 is 17.9 Å². The zero-order valence-electron chi connectivity index (χ0n) is 31.8. The van der Waals surface area contributed by atoms with Crippen molar-refractivity contribution in [3.8, 4) is 0 Å². The van der Waals surface area contributed by atoms with E-state index < -0.39 is 18.3 Å². The average molecular weight is 663 g/mol. The minimum Gasteiger partial charge on any atom is -0.462 e. The first-order valence-electron chi connectivity index (χ1n) is 18.1. The number of rotatable bonds is 7. The topological polar surface area (TPSA) is 103 Å². The molecule has 0 amide bonds. The first-order valence-corrected chi connectivity index (χ1v) is 18.1. The van der Waals surface area contributed by atoms with E-state index in [2.05, 4.69) is 88.4 Å². The maximum absolute atomic E-state index is 13.8. The predicted octanol–water partition coefficient (Wildman–Crippen LogP) is 7.15.